The average Bonchev–Trinajstić information content (AvgIpc) is 2.75. The summed E-state index contributed by atoms with van der Waals surface area (Å²) in [5, 5.41) is 4.75. The second kappa shape index (κ2) is 6.40. The summed E-state index contributed by atoms with van der Waals surface area (Å²) in [6, 6.07) is 9.93. The minimum absolute atomic E-state index is 0.168. The summed E-state index contributed by atoms with van der Waals surface area (Å²) < 4.78 is 1.14. The van der Waals surface area contributed by atoms with Gasteiger partial charge in [0.2, 0.25) is 0 Å². The third kappa shape index (κ3) is 3.49. The van der Waals surface area contributed by atoms with E-state index in [0.29, 0.717) is 5.02 Å². The molecule has 0 saturated carbocycles. The zero-order valence-corrected chi connectivity index (χ0v) is 13.6. The van der Waals surface area contributed by atoms with Crippen LogP contribution < -0.4 is 5.32 Å². The predicted molar refractivity (Wildman–Crippen MR) is 84.0 cm³/mol. The van der Waals surface area contributed by atoms with Crippen molar-refractivity contribution in [2.45, 2.75) is 12.5 Å². The molecule has 0 fully saturated rings. The van der Waals surface area contributed by atoms with Gasteiger partial charge in [-0.15, -0.1) is 11.3 Å². The van der Waals surface area contributed by atoms with Crippen molar-refractivity contribution in [2.75, 3.05) is 7.05 Å². The van der Waals surface area contributed by atoms with Crippen molar-refractivity contribution in [3.05, 3.63) is 54.6 Å². The van der Waals surface area contributed by atoms with Gasteiger partial charge in [-0.1, -0.05) is 23.2 Å². The smallest absolute Gasteiger partial charge is 0.0701 e. The first-order chi connectivity index (χ1) is 8.60. The lowest BCUT2D eigenvalue weighted by Crippen LogP contribution is -2.18. The van der Waals surface area contributed by atoms with Crippen LogP contribution in [0.25, 0.3) is 0 Å². The summed E-state index contributed by atoms with van der Waals surface area (Å²) in [6.45, 7) is 0. The number of hydrogen-bond acceptors (Lipinski definition) is 2. The van der Waals surface area contributed by atoms with Gasteiger partial charge in [-0.2, -0.15) is 0 Å². The molecule has 1 aromatic heterocycles. The van der Waals surface area contributed by atoms with Crippen molar-refractivity contribution in [1.82, 2.24) is 5.32 Å². The fourth-order valence-electron chi connectivity index (χ4n) is 1.81. The highest BCUT2D eigenvalue weighted by Crippen LogP contribution is 2.31. The van der Waals surface area contributed by atoms with Crippen LogP contribution in [0, 0.1) is 0 Å². The lowest BCUT2D eigenvalue weighted by Gasteiger charge is -2.17. The molecule has 0 aliphatic rings. The molecule has 1 N–H and O–H groups in total. The van der Waals surface area contributed by atoms with Crippen molar-refractivity contribution in [2.24, 2.45) is 0 Å². The van der Waals surface area contributed by atoms with Gasteiger partial charge >= 0.3 is 0 Å². The molecule has 0 aliphatic heterocycles. The Morgan fingerprint density at radius 3 is 2.67 bits per heavy atom. The topological polar surface area (TPSA) is 12.0 Å². The quantitative estimate of drug-likeness (QED) is 0.773. The van der Waals surface area contributed by atoms with Gasteiger partial charge in [0, 0.05) is 27.4 Å². The molecule has 0 saturated heterocycles. The van der Waals surface area contributed by atoms with E-state index >= 15 is 0 Å². The Morgan fingerprint density at radius 1 is 1.28 bits per heavy atom. The monoisotopic (exact) mass is 363 g/mol. The van der Waals surface area contributed by atoms with E-state index in [2.05, 4.69) is 33.4 Å². The minimum atomic E-state index is 0.168. The Morgan fingerprint density at radius 2 is 2.06 bits per heavy atom. The van der Waals surface area contributed by atoms with Crippen LogP contribution in [0.5, 0.6) is 0 Å². The minimum Gasteiger partial charge on any atom is -0.313 e. The Balaban J connectivity index is 2.25. The van der Waals surface area contributed by atoms with Crippen LogP contribution in [0.2, 0.25) is 10.0 Å². The molecule has 18 heavy (non-hydrogen) atoms. The fourth-order valence-corrected chi connectivity index (χ4v) is 3.77. The lowest BCUT2D eigenvalue weighted by molar-refractivity contribution is 0.597. The van der Waals surface area contributed by atoms with Gasteiger partial charge in [-0.05, 0) is 58.9 Å². The average molecular weight is 365 g/mol. The molecule has 0 spiro atoms. The number of likely N-dealkylation sites (N-methyl/N-ethyl adjacent to an activating group) is 1. The van der Waals surface area contributed by atoms with Crippen molar-refractivity contribution in [3.8, 4) is 0 Å². The Labute approximate surface area is 129 Å². The standard InChI is InChI=1S/C13H12BrCl2NS/c1-17-12(7-9-3-5-13(14)18-9)10-6-8(15)2-4-11(10)16/h2-6,12,17H,7H2,1H3. The Kier molecular flexibility index (Phi) is 5.10. The first kappa shape index (κ1) is 14.4. The third-order valence-electron chi connectivity index (χ3n) is 2.72. The highest BCUT2D eigenvalue weighted by Gasteiger charge is 2.15. The molecule has 0 amide bonds. The van der Waals surface area contributed by atoms with E-state index in [1.54, 1.807) is 11.3 Å². The van der Waals surface area contributed by atoms with Gasteiger partial charge < -0.3 is 5.32 Å². The first-order valence-electron chi connectivity index (χ1n) is 5.46. The molecule has 1 unspecified atom stereocenters. The van der Waals surface area contributed by atoms with Gasteiger partial charge in [-0.25, -0.2) is 0 Å². The molecule has 2 rings (SSSR count). The van der Waals surface area contributed by atoms with E-state index in [4.69, 9.17) is 23.2 Å². The van der Waals surface area contributed by atoms with Crippen LogP contribution >= 0.6 is 50.5 Å². The van der Waals surface area contributed by atoms with Crippen molar-refractivity contribution >= 4 is 50.5 Å². The molecule has 0 aliphatic carbocycles. The van der Waals surface area contributed by atoms with Gasteiger partial charge in [0.1, 0.15) is 0 Å². The SMILES string of the molecule is CNC(Cc1ccc(Br)s1)c1cc(Cl)ccc1Cl. The number of benzene rings is 1. The lowest BCUT2D eigenvalue weighted by atomic mass is 10.0. The number of nitrogens with one attached hydrogen (secondary N) is 1. The van der Waals surface area contributed by atoms with E-state index in [1.807, 2.05) is 25.2 Å². The molecule has 5 heteroatoms. The van der Waals surface area contributed by atoms with Crippen molar-refractivity contribution < 1.29 is 0 Å². The highest BCUT2D eigenvalue weighted by molar-refractivity contribution is 9.11. The molecule has 1 heterocycles. The van der Waals surface area contributed by atoms with E-state index < -0.39 is 0 Å². The molecular formula is C13H12BrCl2NS. The summed E-state index contributed by atoms with van der Waals surface area (Å²) >= 11 is 17.5. The predicted octanol–water partition coefficient (Wildman–Crippen LogP) is 5.32. The fraction of sp³-hybridized carbons (Fsp3) is 0.231. The van der Waals surface area contributed by atoms with Crippen LogP contribution in [0.4, 0.5) is 0 Å². The molecule has 1 nitrogen and oxygen atoms in total. The van der Waals surface area contributed by atoms with E-state index in [9.17, 15) is 0 Å². The van der Waals surface area contributed by atoms with Crippen LogP contribution in [-0.2, 0) is 6.42 Å². The summed E-state index contributed by atoms with van der Waals surface area (Å²) in [4.78, 5) is 1.30. The number of hydrogen-bond donors (Lipinski definition) is 1. The zero-order chi connectivity index (χ0) is 13.1. The highest BCUT2D eigenvalue weighted by atomic mass is 79.9. The molecule has 2 aromatic rings. The molecule has 0 radical (unpaired) electrons. The number of rotatable bonds is 4. The molecular weight excluding hydrogens is 353 g/mol. The van der Waals surface area contributed by atoms with E-state index in [-0.39, 0.29) is 6.04 Å². The summed E-state index contributed by atoms with van der Waals surface area (Å²) in [5.41, 5.74) is 1.04. The van der Waals surface area contributed by atoms with Gasteiger partial charge in [0.25, 0.3) is 0 Å². The van der Waals surface area contributed by atoms with Crippen LogP contribution in [0.15, 0.2) is 34.1 Å². The Hall–Kier alpha value is -0.0600. The van der Waals surface area contributed by atoms with Crippen molar-refractivity contribution in [1.29, 1.82) is 0 Å². The molecule has 96 valence electrons. The first-order valence-corrected chi connectivity index (χ1v) is 7.83. The van der Waals surface area contributed by atoms with Crippen LogP contribution in [-0.4, -0.2) is 7.05 Å². The van der Waals surface area contributed by atoms with Crippen LogP contribution in [0.1, 0.15) is 16.5 Å². The van der Waals surface area contributed by atoms with E-state index in [0.717, 1.165) is 20.8 Å². The summed E-state index contributed by atoms with van der Waals surface area (Å²) in [6.07, 6.45) is 0.896. The number of thiophene rings is 1. The maximum absolute atomic E-state index is 6.24. The third-order valence-corrected chi connectivity index (χ3v) is 4.94. The Bertz CT molecular complexity index is 542. The second-order valence-corrected chi connectivity index (χ2v) is 7.31. The maximum Gasteiger partial charge on any atom is 0.0701 e. The normalized spacial score (nSPS) is 12.7. The number of halogens is 3. The van der Waals surface area contributed by atoms with Crippen LogP contribution in [0.3, 0.4) is 0 Å². The van der Waals surface area contributed by atoms with E-state index in [1.165, 1.54) is 4.88 Å². The van der Waals surface area contributed by atoms with Gasteiger partial charge in [0.05, 0.1) is 3.79 Å². The molecule has 0 bridgehead atoms. The summed E-state index contributed by atoms with van der Waals surface area (Å²) in [5.74, 6) is 0. The molecule has 1 aromatic carbocycles. The van der Waals surface area contributed by atoms with Gasteiger partial charge in [-0.3, -0.25) is 0 Å². The summed E-state index contributed by atoms with van der Waals surface area (Å²) in [7, 11) is 1.94. The zero-order valence-electron chi connectivity index (χ0n) is 9.71. The van der Waals surface area contributed by atoms with Crippen molar-refractivity contribution in [3.63, 3.8) is 0 Å². The van der Waals surface area contributed by atoms with Gasteiger partial charge in [0.15, 0.2) is 0 Å². The largest absolute Gasteiger partial charge is 0.313 e. The second-order valence-electron chi connectivity index (χ2n) is 3.92. The maximum atomic E-state index is 6.24. The molecule has 1 atom stereocenters.